The van der Waals surface area contributed by atoms with Gasteiger partial charge < -0.3 is 10.3 Å². The van der Waals surface area contributed by atoms with Crippen LogP contribution in [-0.4, -0.2) is 28.8 Å². The topological polar surface area (TPSA) is 140 Å². The molecule has 0 radical (unpaired) electrons. The molecule has 2 aromatic heterocycles. The average molecular weight is 340 g/mol. The Morgan fingerprint density at radius 2 is 2.05 bits per heavy atom. The first-order chi connectivity index (χ1) is 10.0. The number of H-pyrrole nitrogens is 1. The first kappa shape index (κ1) is 16.2. The van der Waals surface area contributed by atoms with Crippen LogP contribution < -0.4 is 10.5 Å². The highest BCUT2D eigenvalue weighted by Crippen LogP contribution is 2.27. The van der Waals surface area contributed by atoms with Crippen LogP contribution in [0.15, 0.2) is 9.42 Å². The van der Waals surface area contributed by atoms with E-state index in [-0.39, 0.29) is 22.3 Å². The molecule has 2 heterocycles. The third-order valence-electron chi connectivity index (χ3n) is 2.60. The van der Waals surface area contributed by atoms with E-state index < -0.39 is 28.1 Å². The minimum absolute atomic E-state index is 0.0502. The highest BCUT2D eigenvalue weighted by Gasteiger charge is 2.37. The summed E-state index contributed by atoms with van der Waals surface area (Å²) in [6, 6.07) is -1.11. The van der Waals surface area contributed by atoms with E-state index in [0.29, 0.717) is 0 Å². The van der Waals surface area contributed by atoms with Crippen molar-refractivity contribution in [2.75, 3.05) is 5.73 Å². The lowest BCUT2D eigenvalue weighted by atomic mass is 10.3. The van der Waals surface area contributed by atoms with Crippen molar-refractivity contribution in [1.82, 2.24) is 25.1 Å². The second kappa shape index (κ2) is 5.24. The Hall–Kier alpha value is -2.15. The molecule has 0 fully saturated rings. The Morgan fingerprint density at radius 3 is 2.50 bits per heavy atom. The van der Waals surface area contributed by atoms with Gasteiger partial charge in [-0.25, -0.2) is 18.1 Å². The lowest BCUT2D eigenvalue weighted by molar-refractivity contribution is -0.144. The van der Waals surface area contributed by atoms with E-state index in [0.717, 1.165) is 0 Å². The lowest BCUT2D eigenvalue weighted by Crippen LogP contribution is -2.28. The summed E-state index contributed by atoms with van der Waals surface area (Å²) in [4.78, 5) is 2.82. The molecule has 1 unspecified atom stereocenters. The monoisotopic (exact) mass is 340 g/mol. The molecule has 122 valence electrons. The molecule has 0 saturated heterocycles. The van der Waals surface area contributed by atoms with Crippen LogP contribution in [0, 0.1) is 6.92 Å². The number of nitrogens with one attached hydrogen (secondary N) is 2. The second-order valence-electron chi connectivity index (χ2n) is 4.34. The van der Waals surface area contributed by atoms with Gasteiger partial charge in [0.25, 0.3) is 5.82 Å². The second-order valence-corrected chi connectivity index (χ2v) is 5.99. The van der Waals surface area contributed by atoms with Crippen molar-refractivity contribution in [1.29, 1.82) is 0 Å². The molecule has 22 heavy (non-hydrogen) atoms. The van der Waals surface area contributed by atoms with Gasteiger partial charge in [0.15, 0.2) is 16.5 Å². The molecule has 2 aromatic rings. The van der Waals surface area contributed by atoms with Crippen LogP contribution in [0.3, 0.4) is 0 Å². The Labute approximate surface area is 122 Å². The number of alkyl halides is 3. The molecule has 0 aromatic carbocycles. The predicted octanol–water partition coefficient (Wildman–Crippen LogP) is 0.742. The first-order valence-corrected chi connectivity index (χ1v) is 7.24. The number of aromatic amines is 1. The lowest BCUT2D eigenvalue weighted by Gasteiger charge is -2.11. The summed E-state index contributed by atoms with van der Waals surface area (Å²) >= 11 is 0. The Bertz CT molecular complexity index is 761. The largest absolute Gasteiger partial charge is 0.453 e. The fraction of sp³-hybridized carbons (Fsp3) is 0.444. The van der Waals surface area contributed by atoms with Gasteiger partial charge in [-0.3, -0.25) is 5.10 Å². The number of nitrogen functional groups attached to an aromatic ring is 1. The number of sulfonamides is 1. The third-order valence-corrected chi connectivity index (χ3v) is 4.30. The van der Waals surface area contributed by atoms with Crippen molar-refractivity contribution in [2.24, 2.45) is 0 Å². The van der Waals surface area contributed by atoms with Crippen molar-refractivity contribution in [3.05, 3.63) is 17.4 Å². The van der Waals surface area contributed by atoms with E-state index in [1.54, 1.807) is 0 Å². The summed E-state index contributed by atoms with van der Waals surface area (Å²) in [5, 5.41) is 8.31. The summed E-state index contributed by atoms with van der Waals surface area (Å²) in [6.07, 6.45) is -4.73. The third kappa shape index (κ3) is 3.04. The van der Waals surface area contributed by atoms with Crippen LogP contribution in [0.25, 0.3) is 0 Å². The fourth-order valence-electron chi connectivity index (χ4n) is 1.65. The maximum Gasteiger partial charge on any atom is 0.453 e. The molecule has 9 nitrogen and oxygen atoms in total. The molecule has 0 spiro atoms. The molecule has 0 aliphatic carbocycles. The van der Waals surface area contributed by atoms with E-state index in [1.165, 1.54) is 13.8 Å². The summed E-state index contributed by atoms with van der Waals surface area (Å²) in [6.45, 7) is 2.62. The number of halogens is 3. The van der Waals surface area contributed by atoms with Crippen molar-refractivity contribution in [2.45, 2.75) is 31.0 Å². The van der Waals surface area contributed by atoms with Gasteiger partial charge in [0.05, 0.1) is 6.04 Å². The molecule has 0 bridgehead atoms. The Morgan fingerprint density at radius 1 is 1.41 bits per heavy atom. The summed E-state index contributed by atoms with van der Waals surface area (Å²) in [7, 11) is -4.15. The molecule has 4 N–H and O–H groups in total. The van der Waals surface area contributed by atoms with Crippen LogP contribution in [0.1, 0.15) is 30.4 Å². The van der Waals surface area contributed by atoms with Gasteiger partial charge in [0.2, 0.25) is 10.0 Å². The Balaban J connectivity index is 2.25. The number of nitrogens with two attached hydrogens (primary N) is 1. The van der Waals surface area contributed by atoms with Gasteiger partial charge in [-0.15, -0.1) is 5.10 Å². The zero-order valence-electron chi connectivity index (χ0n) is 11.3. The van der Waals surface area contributed by atoms with E-state index in [2.05, 4.69) is 24.5 Å². The van der Waals surface area contributed by atoms with Gasteiger partial charge in [0, 0.05) is 0 Å². The van der Waals surface area contributed by atoms with Crippen LogP contribution in [-0.2, 0) is 16.2 Å². The number of aromatic nitrogens is 4. The van der Waals surface area contributed by atoms with Crippen LogP contribution in [0.5, 0.6) is 0 Å². The van der Waals surface area contributed by atoms with E-state index in [4.69, 9.17) is 5.73 Å². The number of hydrogen-bond donors (Lipinski definition) is 3. The van der Waals surface area contributed by atoms with Gasteiger partial charge in [0.1, 0.15) is 5.82 Å². The summed E-state index contributed by atoms with van der Waals surface area (Å²) in [5.41, 5.74) is 5.39. The average Bonchev–Trinajstić information content (AvgIpc) is 2.95. The highest BCUT2D eigenvalue weighted by atomic mass is 32.2. The standard InChI is InChI=1S/C9H11F3N6O3S/c1-3(7-14-8(16-15-7)9(10,11)12)18-22(19,20)5-4(2)21-17-6(5)13/h3,18H,1-2H3,(H2,13,17)(H,14,15,16). The maximum atomic E-state index is 12.4. The molecular weight excluding hydrogens is 329 g/mol. The first-order valence-electron chi connectivity index (χ1n) is 5.76. The molecule has 0 aliphatic heterocycles. The summed E-state index contributed by atoms with van der Waals surface area (Å²) < 4.78 is 68.3. The van der Waals surface area contributed by atoms with Gasteiger partial charge >= 0.3 is 6.18 Å². The SMILES string of the molecule is Cc1onc(N)c1S(=O)(=O)NC(C)c1nc(C(F)(F)F)n[nH]1. The molecule has 0 amide bonds. The van der Waals surface area contributed by atoms with Gasteiger partial charge in [-0.05, 0) is 13.8 Å². The van der Waals surface area contributed by atoms with Crippen molar-refractivity contribution < 1.29 is 26.1 Å². The van der Waals surface area contributed by atoms with Crippen LogP contribution in [0.4, 0.5) is 19.0 Å². The minimum atomic E-state index is -4.73. The highest BCUT2D eigenvalue weighted by molar-refractivity contribution is 7.89. The molecule has 0 saturated carbocycles. The molecule has 0 aliphatic rings. The minimum Gasteiger partial charge on any atom is -0.380 e. The Kier molecular flexibility index (Phi) is 3.87. The molecule has 1 atom stereocenters. The van der Waals surface area contributed by atoms with Crippen LogP contribution >= 0.6 is 0 Å². The van der Waals surface area contributed by atoms with E-state index in [9.17, 15) is 21.6 Å². The molecule has 13 heteroatoms. The van der Waals surface area contributed by atoms with Gasteiger partial charge in [-0.2, -0.15) is 13.2 Å². The zero-order valence-corrected chi connectivity index (χ0v) is 12.1. The smallest absolute Gasteiger partial charge is 0.380 e. The maximum absolute atomic E-state index is 12.4. The van der Waals surface area contributed by atoms with Crippen LogP contribution in [0.2, 0.25) is 0 Å². The summed E-state index contributed by atoms with van der Waals surface area (Å²) in [5.74, 6) is -2.10. The molecular formula is C9H11F3N6O3S. The number of anilines is 1. The number of rotatable bonds is 4. The van der Waals surface area contributed by atoms with Gasteiger partial charge in [-0.1, -0.05) is 5.16 Å². The van der Waals surface area contributed by atoms with Crippen molar-refractivity contribution in [3.63, 3.8) is 0 Å². The number of aryl methyl sites for hydroxylation is 1. The van der Waals surface area contributed by atoms with Crippen molar-refractivity contribution >= 4 is 15.8 Å². The number of nitrogens with zero attached hydrogens (tertiary/aromatic N) is 3. The predicted molar refractivity (Wildman–Crippen MR) is 65.8 cm³/mol. The van der Waals surface area contributed by atoms with E-state index in [1.807, 2.05) is 5.10 Å². The molecule has 2 rings (SSSR count). The quantitative estimate of drug-likeness (QED) is 0.745. The zero-order chi connectivity index (χ0) is 16.7. The fourth-order valence-corrected chi connectivity index (χ4v) is 3.07. The normalized spacial score (nSPS) is 14.2. The van der Waals surface area contributed by atoms with E-state index >= 15 is 0 Å². The van der Waals surface area contributed by atoms with Crippen molar-refractivity contribution in [3.8, 4) is 0 Å². The number of hydrogen-bond acceptors (Lipinski definition) is 7.